The fourth-order valence-corrected chi connectivity index (χ4v) is 0.851. The zero-order chi connectivity index (χ0) is 11.2. The molecule has 0 aliphatic rings. The molecule has 0 saturated heterocycles. The summed E-state index contributed by atoms with van der Waals surface area (Å²) >= 11 is 0. The Kier molecular flexibility index (Phi) is 5.15. The van der Waals surface area contributed by atoms with Crippen molar-refractivity contribution in [2.75, 3.05) is 6.26 Å². The van der Waals surface area contributed by atoms with Gasteiger partial charge in [-0.15, -0.1) is 6.58 Å². The van der Waals surface area contributed by atoms with E-state index in [0.29, 0.717) is 5.71 Å². The van der Waals surface area contributed by atoms with Crippen molar-refractivity contribution < 1.29 is 12.7 Å². The quantitative estimate of drug-likeness (QED) is 0.401. The van der Waals surface area contributed by atoms with Crippen LogP contribution in [0.25, 0.3) is 0 Å². The average molecular weight is 217 g/mol. The van der Waals surface area contributed by atoms with Gasteiger partial charge in [-0.05, 0) is 25.8 Å². The molecule has 4 nitrogen and oxygen atoms in total. The van der Waals surface area contributed by atoms with Crippen LogP contribution in [0.15, 0.2) is 29.5 Å². The standard InChI is InChI=1S/C9H15NO3S/c1-5-6-7-8(2)9(3)10-13-14(4,11)12/h5,7H,1,6H2,2-4H3/b8-7-,10-9+. The Labute approximate surface area is 85.1 Å². The number of rotatable bonds is 5. The highest BCUT2D eigenvalue weighted by Crippen LogP contribution is 2.01. The Morgan fingerprint density at radius 2 is 2.07 bits per heavy atom. The molecule has 0 unspecified atom stereocenters. The summed E-state index contributed by atoms with van der Waals surface area (Å²) < 4.78 is 25.5. The second-order valence-electron chi connectivity index (χ2n) is 2.87. The molecule has 0 saturated carbocycles. The number of oxime groups is 1. The van der Waals surface area contributed by atoms with E-state index in [2.05, 4.69) is 16.0 Å². The molecule has 0 N–H and O–H groups in total. The van der Waals surface area contributed by atoms with Crippen LogP contribution in [0, 0.1) is 0 Å². The summed E-state index contributed by atoms with van der Waals surface area (Å²) in [4.78, 5) is 0. The van der Waals surface area contributed by atoms with E-state index in [1.54, 1.807) is 13.0 Å². The lowest BCUT2D eigenvalue weighted by atomic mass is 10.2. The molecule has 0 aromatic carbocycles. The number of hydrogen-bond acceptors (Lipinski definition) is 4. The Morgan fingerprint density at radius 1 is 1.50 bits per heavy atom. The minimum Gasteiger partial charge on any atom is -0.268 e. The summed E-state index contributed by atoms with van der Waals surface area (Å²) in [5.74, 6) is 0. The molecule has 0 atom stereocenters. The zero-order valence-electron chi connectivity index (χ0n) is 8.65. The lowest BCUT2D eigenvalue weighted by Gasteiger charge is -1.99. The predicted molar refractivity (Wildman–Crippen MR) is 57.6 cm³/mol. The van der Waals surface area contributed by atoms with Gasteiger partial charge in [0.05, 0.1) is 12.0 Å². The van der Waals surface area contributed by atoms with Crippen LogP contribution in [0.1, 0.15) is 20.3 Å². The second kappa shape index (κ2) is 5.59. The van der Waals surface area contributed by atoms with Crippen molar-refractivity contribution in [2.45, 2.75) is 20.3 Å². The first-order valence-corrected chi connectivity index (χ1v) is 5.89. The van der Waals surface area contributed by atoms with Crippen LogP contribution in [-0.4, -0.2) is 20.4 Å². The van der Waals surface area contributed by atoms with Gasteiger partial charge in [-0.2, -0.15) is 8.42 Å². The van der Waals surface area contributed by atoms with Crippen LogP contribution in [0.2, 0.25) is 0 Å². The zero-order valence-corrected chi connectivity index (χ0v) is 9.47. The van der Waals surface area contributed by atoms with E-state index in [1.165, 1.54) is 0 Å². The largest absolute Gasteiger partial charge is 0.325 e. The molecule has 0 heterocycles. The summed E-state index contributed by atoms with van der Waals surface area (Å²) in [6, 6.07) is 0. The molecule has 0 aliphatic heterocycles. The van der Waals surface area contributed by atoms with E-state index >= 15 is 0 Å². The Bertz CT molecular complexity index is 352. The molecular weight excluding hydrogens is 202 g/mol. The fourth-order valence-electron chi connectivity index (χ4n) is 0.603. The summed E-state index contributed by atoms with van der Waals surface area (Å²) in [7, 11) is -3.51. The third kappa shape index (κ3) is 6.42. The van der Waals surface area contributed by atoms with E-state index < -0.39 is 10.1 Å². The fraction of sp³-hybridized carbons (Fsp3) is 0.444. The van der Waals surface area contributed by atoms with Crippen LogP contribution in [-0.2, 0) is 14.4 Å². The first-order valence-electron chi connectivity index (χ1n) is 4.08. The van der Waals surface area contributed by atoms with Gasteiger partial charge in [0.1, 0.15) is 0 Å². The van der Waals surface area contributed by atoms with Crippen molar-refractivity contribution >= 4 is 15.8 Å². The lowest BCUT2D eigenvalue weighted by Crippen LogP contribution is -2.01. The van der Waals surface area contributed by atoms with E-state index in [0.717, 1.165) is 18.2 Å². The highest BCUT2D eigenvalue weighted by Gasteiger charge is 2.01. The molecule has 0 amide bonds. The van der Waals surface area contributed by atoms with Crippen molar-refractivity contribution in [1.82, 2.24) is 0 Å². The predicted octanol–water partition coefficient (Wildman–Crippen LogP) is 1.86. The highest BCUT2D eigenvalue weighted by molar-refractivity contribution is 7.85. The maximum atomic E-state index is 10.6. The number of allylic oxidation sites excluding steroid dienone is 3. The third-order valence-corrected chi connectivity index (χ3v) is 1.82. The first kappa shape index (κ1) is 12.9. The average Bonchev–Trinajstić information content (AvgIpc) is 2.09. The molecule has 80 valence electrons. The van der Waals surface area contributed by atoms with E-state index in [9.17, 15) is 8.42 Å². The van der Waals surface area contributed by atoms with E-state index in [1.807, 2.05) is 13.0 Å². The van der Waals surface area contributed by atoms with Crippen LogP contribution in [0.5, 0.6) is 0 Å². The monoisotopic (exact) mass is 217 g/mol. The van der Waals surface area contributed by atoms with Gasteiger partial charge in [-0.25, -0.2) is 0 Å². The molecule has 14 heavy (non-hydrogen) atoms. The molecule has 0 aromatic heterocycles. The normalized spacial score (nSPS) is 13.9. The van der Waals surface area contributed by atoms with Gasteiger partial charge in [0, 0.05) is 0 Å². The van der Waals surface area contributed by atoms with Crippen LogP contribution < -0.4 is 0 Å². The van der Waals surface area contributed by atoms with Gasteiger partial charge in [-0.1, -0.05) is 17.3 Å². The maximum absolute atomic E-state index is 10.6. The molecule has 0 aliphatic carbocycles. The molecular formula is C9H15NO3S. The molecule has 0 bridgehead atoms. The van der Waals surface area contributed by atoms with Gasteiger partial charge >= 0.3 is 10.1 Å². The van der Waals surface area contributed by atoms with Gasteiger partial charge in [0.25, 0.3) is 0 Å². The smallest absolute Gasteiger partial charge is 0.268 e. The first-order chi connectivity index (χ1) is 6.37. The highest BCUT2D eigenvalue weighted by atomic mass is 32.2. The van der Waals surface area contributed by atoms with Crippen molar-refractivity contribution in [3.05, 3.63) is 24.3 Å². The topological polar surface area (TPSA) is 55.7 Å². The summed E-state index contributed by atoms with van der Waals surface area (Å²) in [6.07, 6.45) is 5.30. The summed E-state index contributed by atoms with van der Waals surface area (Å²) in [5, 5.41) is 3.47. The summed E-state index contributed by atoms with van der Waals surface area (Å²) in [6.45, 7) is 7.07. The second-order valence-corrected chi connectivity index (χ2v) is 4.42. The SMILES string of the molecule is C=CC/C=C(C)\C(C)=N\OS(C)(=O)=O. The van der Waals surface area contributed by atoms with E-state index in [-0.39, 0.29) is 0 Å². The van der Waals surface area contributed by atoms with Crippen LogP contribution in [0.4, 0.5) is 0 Å². The van der Waals surface area contributed by atoms with Gasteiger partial charge in [0.2, 0.25) is 0 Å². The summed E-state index contributed by atoms with van der Waals surface area (Å²) in [5.41, 5.74) is 1.41. The van der Waals surface area contributed by atoms with Crippen molar-refractivity contribution in [3.8, 4) is 0 Å². The van der Waals surface area contributed by atoms with Gasteiger partial charge in [-0.3, -0.25) is 4.28 Å². The molecule has 0 rings (SSSR count). The molecule has 5 heteroatoms. The number of hydrogen-bond donors (Lipinski definition) is 0. The van der Waals surface area contributed by atoms with E-state index in [4.69, 9.17) is 0 Å². The Morgan fingerprint density at radius 3 is 2.50 bits per heavy atom. The molecule has 0 aromatic rings. The molecule has 0 radical (unpaired) electrons. The number of nitrogens with zero attached hydrogens (tertiary/aromatic N) is 1. The van der Waals surface area contributed by atoms with Gasteiger partial charge in [0.15, 0.2) is 0 Å². The lowest BCUT2D eigenvalue weighted by molar-refractivity contribution is 0.343. The van der Waals surface area contributed by atoms with Crippen molar-refractivity contribution in [3.63, 3.8) is 0 Å². The Hall–Kier alpha value is -1.10. The third-order valence-electron chi connectivity index (χ3n) is 1.47. The maximum Gasteiger partial charge on any atom is 0.325 e. The molecule has 0 spiro atoms. The van der Waals surface area contributed by atoms with Crippen molar-refractivity contribution in [1.29, 1.82) is 0 Å². The Balaban J connectivity index is 4.46. The molecule has 0 fully saturated rings. The van der Waals surface area contributed by atoms with Crippen molar-refractivity contribution in [2.24, 2.45) is 5.16 Å². The minimum absolute atomic E-state index is 0.539. The van der Waals surface area contributed by atoms with Crippen LogP contribution >= 0.6 is 0 Å². The van der Waals surface area contributed by atoms with Gasteiger partial charge < -0.3 is 0 Å². The minimum atomic E-state index is -3.51. The van der Waals surface area contributed by atoms with Crippen LogP contribution in [0.3, 0.4) is 0 Å².